The Labute approximate surface area is 160 Å². The van der Waals surface area contributed by atoms with E-state index in [4.69, 9.17) is 0 Å². The summed E-state index contributed by atoms with van der Waals surface area (Å²) in [6, 6.07) is 2.21. The minimum atomic E-state index is -0.0437. The zero-order valence-corrected chi connectivity index (χ0v) is 16.0. The SMILES string of the molecule is CCCC1NNCC1C(=O)NCc1cc2n(n1)CCN(C(=O)C1CCC1)C2. The Morgan fingerprint density at radius 2 is 2.19 bits per heavy atom. The smallest absolute Gasteiger partial charge is 0.226 e. The van der Waals surface area contributed by atoms with Crippen LogP contribution in [0.1, 0.15) is 50.4 Å². The first kappa shape index (κ1) is 18.4. The van der Waals surface area contributed by atoms with Gasteiger partial charge in [-0.1, -0.05) is 19.8 Å². The highest BCUT2D eigenvalue weighted by Crippen LogP contribution is 2.29. The van der Waals surface area contributed by atoms with Crippen molar-refractivity contribution in [1.82, 2.24) is 30.8 Å². The van der Waals surface area contributed by atoms with E-state index in [0.717, 1.165) is 50.2 Å². The number of hydrazine groups is 1. The first-order chi connectivity index (χ1) is 13.2. The molecule has 2 unspecified atom stereocenters. The van der Waals surface area contributed by atoms with E-state index in [2.05, 4.69) is 28.2 Å². The Morgan fingerprint density at radius 1 is 1.33 bits per heavy atom. The van der Waals surface area contributed by atoms with Gasteiger partial charge >= 0.3 is 0 Å². The van der Waals surface area contributed by atoms with E-state index in [1.54, 1.807) is 0 Å². The highest BCUT2D eigenvalue weighted by Gasteiger charge is 2.33. The van der Waals surface area contributed by atoms with Crippen LogP contribution in [0.25, 0.3) is 0 Å². The van der Waals surface area contributed by atoms with Crippen LogP contribution < -0.4 is 16.2 Å². The molecule has 0 aromatic carbocycles. The van der Waals surface area contributed by atoms with Gasteiger partial charge in [0.2, 0.25) is 11.8 Å². The molecule has 2 atom stereocenters. The summed E-state index contributed by atoms with van der Waals surface area (Å²) in [7, 11) is 0. The van der Waals surface area contributed by atoms with Crippen LogP contribution in [0.2, 0.25) is 0 Å². The fourth-order valence-corrected chi connectivity index (χ4v) is 4.23. The second-order valence-electron chi connectivity index (χ2n) is 7.98. The summed E-state index contributed by atoms with van der Waals surface area (Å²) in [5, 5.41) is 7.64. The van der Waals surface area contributed by atoms with Crippen molar-refractivity contribution < 1.29 is 9.59 Å². The average Bonchev–Trinajstić information content (AvgIpc) is 3.24. The molecule has 2 aliphatic heterocycles. The number of amides is 2. The van der Waals surface area contributed by atoms with E-state index >= 15 is 0 Å². The van der Waals surface area contributed by atoms with Crippen molar-refractivity contribution in [3.8, 4) is 0 Å². The molecule has 148 valence electrons. The van der Waals surface area contributed by atoms with Gasteiger partial charge in [0, 0.05) is 25.0 Å². The molecule has 8 nitrogen and oxygen atoms in total. The molecule has 8 heteroatoms. The molecule has 0 radical (unpaired) electrons. The van der Waals surface area contributed by atoms with E-state index in [0.29, 0.717) is 25.5 Å². The number of hydrogen-bond donors (Lipinski definition) is 3. The first-order valence-electron chi connectivity index (χ1n) is 10.3. The fraction of sp³-hybridized carbons (Fsp3) is 0.737. The van der Waals surface area contributed by atoms with Gasteiger partial charge in [0.05, 0.1) is 36.9 Å². The molecular formula is C19H30N6O2. The van der Waals surface area contributed by atoms with E-state index in [1.165, 1.54) is 6.42 Å². The maximum Gasteiger partial charge on any atom is 0.226 e. The van der Waals surface area contributed by atoms with E-state index in [-0.39, 0.29) is 23.8 Å². The van der Waals surface area contributed by atoms with Crippen molar-refractivity contribution in [2.45, 2.75) is 64.7 Å². The van der Waals surface area contributed by atoms with Gasteiger partial charge in [-0.3, -0.25) is 25.1 Å². The fourth-order valence-electron chi connectivity index (χ4n) is 4.23. The number of fused-ring (bicyclic) bond motifs is 1. The number of hydrogen-bond acceptors (Lipinski definition) is 5. The number of carbonyl (C=O) groups is 2. The molecule has 3 aliphatic rings. The predicted molar refractivity (Wildman–Crippen MR) is 100 cm³/mol. The standard InChI is InChI=1S/C19H30N6O2/c1-2-4-17-16(11-21-22-17)18(26)20-10-14-9-15-12-24(7-8-25(15)23-14)19(27)13-5-3-6-13/h9,13,16-17,21-22H,2-8,10-12H2,1H3,(H,20,26). The lowest BCUT2D eigenvalue weighted by Gasteiger charge is -2.34. The van der Waals surface area contributed by atoms with Crippen LogP contribution in [-0.2, 0) is 29.2 Å². The quantitative estimate of drug-likeness (QED) is 0.676. The van der Waals surface area contributed by atoms with Crippen LogP contribution in [-0.4, -0.2) is 45.6 Å². The van der Waals surface area contributed by atoms with Crippen molar-refractivity contribution in [1.29, 1.82) is 0 Å². The average molecular weight is 374 g/mol. The molecule has 27 heavy (non-hydrogen) atoms. The zero-order chi connectivity index (χ0) is 18.8. The molecule has 4 rings (SSSR count). The molecule has 1 saturated heterocycles. The third kappa shape index (κ3) is 3.87. The number of nitrogens with zero attached hydrogens (tertiary/aromatic N) is 3. The van der Waals surface area contributed by atoms with Crippen molar-refractivity contribution in [3.05, 3.63) is 17.5 Å². The molecule has 3 N–H and O–H groups in total. The Kier molecular flexibility index (Phi) is 5.45. The van der Waals surface area contributed by atoms with Crippen molar-refractivity contribution in [3.63, 3.8) is 0 Å². The topological polar surface area (TPSA) is 91.3 Å². The number of aromatic nitrogens is 2. The van der Waals surface area contributed by atoms with Gasteiger partial charge in [-0.05, 0) is 25.3 Å². The molecule has 1 aromatic heterocycles. The van der Waals surface area contributed by atoms with E-state index < -0.39 is 0 Å². The summed E-state index contributed by atoms with van der Waals surface area (Å²) in [5.41, 5.74) is 8.21. The summed E-state index contributed by atoms with van der Waals surface area (Å²) < 4.78 is 1.98. The second-order valence-corrected chi connectivity index (χ2v) is 7.98. The lowest BCUT2D eigenvalue weighted by atomic mass is 9.84. The van der Waals surface area contributed by atoms with Gasteiger partial charge in [-0.2, -0.15) is 5.10 Å². The van der Waals surface area contributed by atoms with Crippen LogP contribution in [0.5, 0.6) is 0 Å². The molecular weight excluding hydrogens is 344 g/mol. The van der Waals surface area contributed by atoms with Crippen molar-refractivity contribution >= 4 is 11.8 Å². The van der Waals surface area contributed by atoms with E-state index in [9.17, 15) is 9.59 Å². The monoisotopic (exact) mass is 374 g/mol. The highest BCUT2D eigenvalue weighted by atomic mass is 16.2. The Morgan fingerprint density at radius 3 is 2.93 bits per heavy atom. The molecule has 3 heterocycles. The number of rotatable bonds is 6. The zero-order valence-electron chi connectivity index (χ0n) is 16.0. The van der Waals surface area contributed by atoms with Crippen LogP contribution >= 0.6 is 0 Å². The Hall–Kier alpha value is -1.93. The number of carbonyl (C=O) groups excluding carboxylic acids is 2. The van der Waals surface area contributed by atoms with E-state index in [1.807, 2.05) is 15.6 Å². The second kappa shape index (κ2) is 7.98. The third-order valence-corrected chi connectivity index (χ3v) is 6.09. The van der Waals surface area contributed by atoms with Gasteiger partial charge in [-0.15, -0.1) is 0 Å². The maximum atomic E-state index is 12.5. The normalized spacial score (nSPS) is 25.1. The lowest BCUT2D eigenvalue weighted by Crippen LogP contribution is -2.43. The third-order valence-electron chi connectivity index (χ3n) is 6.09. The Balaban J connectivity index is 1.32. The highest BCUT2D eigenvalue weighted by molar-refractivity contribution is 5.80. The summed E-state index contributed by atoms with van der Waals surface area (Å²) >= 11 is 0. The van der Waals surface area contributed by atoms with Crippen molar-refractivity contribution in [2.24, 2.45) is 11.8 Å². The lowest BCUT2D eigenvalue weighted by molar-refractivity contribution is -0.139. The minimum absolute atomic E-state index is 0.0437. The first-order valence-corrected chi connectivity index (χ1v) is 10.3. The Bertz CT molecular complexity index is 698. The van der Waals surface area contributed by atoms with Crippen molar-refractivity contribution in [2.75, 3.05) is 13.1 Å². The maximum absolute atomic E-state index is 12.5. The minimum Gasteiger partial charge on any atom is -0.350 e. The van der Waals surface area contributed by atoms with Crippen LogP contribution in [0.3, 0.4) is 0 Å². The molecule has 0 spiro atoms. The van der Waals surface area contributed by atoms with Crippen LogP contribution in [0.15, 0.2) is 6.07 Å². The largest absolute Gasteiger partial charge is 0.350 e. The molecule has 0 bridgehead atoms. The van der Waals surface area contributed by atoms with Gasteiger partial charge < -0.3 is 10.2 Å². The van der Waals surface area contributed by atoms with Gasteiger partial charge in [0.1, 0.15) is 0 Å². The van der Waals surface area contributed by atoms with Crippen LogP contribution in [0.4, 0.5) is 0 Å². The summed E-state index contributed by atoms with van der Waals surface area (Å²) in [4.78, 5) is 27.0. The number of nitrogens with one attached hydrogen (secondary N) is 3. The van der Waals surface area contributed by atoms with Gasteiger partial charge in [0.15, 0.2) is 0 Å². The predicted octanol–water partition coefficient (Wildman–Crippen LogP) is 0.534. The van der Waals surface area contributed by atoms with Gasteiger partial charge in [0.25, 0.3) is 0 Å². The molecule has 2 amide bonds. The molecule has 1 saturated carbocycles. The van der Waals surface area contributed by atoms with Gasteiger partial charge in [-0.25, -0.2) is 0 Å². The summed E-state index contributed by atoms with van der Waals surface area (Å²) in [6.07, 6.45) is 5.28. The molecule has 2 fully saturated rings. The summed E-state index contributed by atoms with van der Waals surface area (Å²) in [6.45, 7) is 5.32. The molecule has 1 aromatic rings. The molecule has 1 aliphatic carbocycles. The van der Waals surface area contributed by atoms with Crippen LogP contribution in [0, 0.1) is 11.8 Å². The summed E-state index contributed by atoms with van der Waals surface area (Å²) in [5.74, 6) is 0.561.